The van der Waals surface area contributed by atoms with Crippen LogP contribution in [0.1, 0.15) is 37.4 Å². The third kappa shape index (κ3) is 4.47. The van der Waals surface area contributed by atoms with Crippen molar-refractivity contribution in [3.63, 3.8) is 0 Å². The van der Waals surface area contributed by atoms with Crippen molar-refractivity contribution in [2.45, 2.75) is 40.0 Å². The first-order valence-corrected chi connectivity index (χ1v) is 8.51. The van der Waals surface area contributed by atoms with Crippen molar-refractivity contribution in [1.29, 1.82) is 0 Å². The number of nitrogens with zero attached hydrogens (tertiary/aromatic N) is 3. The van der Waals surface area contributed by atoms with Crippen molar-refractivity contribution in [2.24, 2.45) is 10.9 Å². The topological polar surface area (TPSA) is 40.5 Å². The summed E-state index contributed by atoms with van der Waals surface area (Å²) < 4.78 is 0. The van der Waals surface area contributed by atoms with Crippen LogP contribution in [0.5, 0.6) is 0 Å². The molecule has 5 heteroatoms. The third-order valence-corrected chi connectivity index (χ3v) is 4.54. The zero-order valence-corrected chi connectivity index (χ0v) is 13.7. The molecule has 1 saturated heterocycles. The molecule has 0 atom stereocenters. The normalized spacial score (nSPS) is 17.6. The van der Waals surface area contributed by atoms with Gasteiger partial charge in [0, 0.05) is 38.0 Å². The molecule has 1 aliphatic rings. The van der Waals surface area contributed by atoms with Crippen LogP contribution in [0.15, 0.2) is 10.4 Å². The summed E-state index contributed by atoms with van der Waals surface area (Å²) in [6, 6.07) is 0. The molecule has 0 radical (unpaired) electrons. The van der Waals surface area contributed by atoms with Gasteiger partial charge < -0.3 is 10.2 Å². The predicted octanol–water partition coefficient (Wildman–Crippen LogP) is 2.69. The van der Waals surface area contributed by atoms with Gasteiger partial charge in [-0.25, -0.2) is 4.98 Å². The maximum absolute atomic E-state index is 4.76. The maximum atomic E-state index is 4.76. The van der Waals surface area contributed by atoms with Gasteiger partial charge in [0.15, 0.2) is 5.96 Å². The van der Waals surface area contributed by atoms with Crippen LogP contribution in [0.25, 0.3) is 0 Å². The minimum absolute atomic E-state index is 0.817. The van der Waals surface area contributed by atoms with Gasteiger partial charge in [-0.15, -0.1) is 11.3 Å². The molecule has 4 nitrogen and oxygen atoms in total. The number of piperidine rings is 1. The smallest absolute Gasteiger partial charge is 0.193 e. The number of guanidine groups is 1. The summed E-state index contributed by atoms with van der Waals surface area (Å²) in [6.45, 7) is 10.5. The minimum atomic E-state index is 0.817. The van der Waals surface area contributed by atoms with Gasteiger partial charge in [0.05, 0.1) is 10.7 Å². The maximum Gasteiger partial charge on any atom is 0.193 e. The largest absolute Gasteiger partial charge is 0.357 e. The molecule has 0 aliphatic carbocycles. The molecule has 0 saturated carbocycles. The summed E-state index contributed by atoms with van der Waals surface area (Å²) in [4.78, 5) is 11.7. The highest BCUT2D eigenvalue weighted by molar-refractivity contribution is 7.09. The van der Waals surface area contributed by atoms with Crippen LogP contribution < -0.4 is 5.32 Å². The zero-order valence-electron chi connectivity index (χ0n) is 12.9. The fourth-order valence-electron chi connectivity index (χ4n) is 2.45. The Kier molecular flexibility index (Phi) is 5.83. The minimum Gasteiger partial charge on any atom is -0.357 e. The lowest BCUT2D eigenvalue weighted by molar-refractivity contribution is 0.273. The molecule has 2 heterocycles. The Morgan fingerprint density at radius 2 is 2.25 bits per heavy atom. The molecule has 1 N–H and O–H groups in total. The van der Waals surface area contributed by atoms with E-state index in [1.54, 1.807) is 11.3 Å². The molecule has 0 spiro atoms. The van der Waals surface area contributed by atoms with Crippen LogP contribution in [-0.4, -0.2) is 42.0 Å². The van der Waals surface area contributed by atoms with Crippen LogP contribution in [-0.2, 0) is 6.42 Å². The monoisotopic (exact) mass is 294 g/mol. The lowest BCUT2D eigenvalue weighted by Gasteiger charge is -2.33. The van der Waals surface area contributed by atoms with Gasteiger partial charge in [-0.2, -0.15) is 0 Å². The van der Waals surface area contributed by atoms with Crippen molar-refractivity contribution >= 4 is 17.3 Å². The van der Waals surface area contributed by atoms with E-state index in [-0.39, 0.29) is 0 Å². The molecule has 1 aromatic heterocycles. The van der Waals surface area contributed by atoms with E-state index in [9.17, 15) is 0 Å². The number of aromatic nitrogens is 1. The van der Waals surface area contributed by atoms with E-state index in [2.05, 4.69) is 41.4 Å². The van der Waals surface area contributed by atoms with E-state index in [0.717, 1.165) is 49.5 Å². The Morgan fingerprint density at radius 3 is 2.85 bits per heavy atom. The fraction of sp³-hybridized carbons (Fsp3) is 0.733. The molecule has 0 aromatic carbocycles. The first kappa shape index (κ1) is 15.3. The van der Waals surface area contributed by atoms with E-state index in [4.69, 9.17) is 4.99 Å². The molecule has 1 aliphatic heterocycles. The van der Waals surface area contributed by atoms with Crippen LogP contribution in [0.3, 0.4) is 0 Å². The first-order valence-electron chi connectivity index (χ1n) is 7.63. The molecule has 0 bridgehead atoms. The standard InChI is InChI=1S/C15H26N4S/c1-4-16-15(19-9-6-12(2)7-10-19)17-8-5-14-11-20-13(3)18-14/h11-12H,4-10H2,1-3H3,(H,16,17). The summed E-state index contributed by atoms with van der Waals surface area (Å²) >= 11 is 1.72. The molecular formula is C15H26N4S. The summed E-state index contributed by atoms with van der Waals surface area (Å²) in [5.74, 6) is 1.93. The van der Waals surface area contributed by atoms with Gasteiger partial charge in [0.1, 0.15) is 0 Å². The van der Waals surface area contributed by atoms with Gasteiger partial charge in [0.25, 0.3) is 0 Å². The average molecular weight is 294 g/mol. The predicted molar refractivity (Wildman–Crippen MR) is 86.5 cm³/mol. The number of likely N-dealkylation sites (tertiary alicyclic amines) is 1. The van der Waals surface area contributed by atoms with Crippen LogP contribution in [0.2, 0.25) is 0 Å². The number of thiazole rings is 1. The van der Waals surface area contributed by atoms with E-state index >= 15 is 0 Å². The van der Waals surface area contributed by atoms with E-state index in [1.807, 2.05) is 0 Å². The lowest BCUT2D eigenvalue weighted by atomic mass is 10.00. The number of hydrogen-bond acceptors (Lipinski definition) is 3. The number of aliphatic imine (C=N–C) groups is 1. The highest BCUT2D eigenvalue weighted by Gasteiger charge is 2.18. The molecule has 0 unspecified atom stereocenters. The summed E-state index contributed by atoms with van der Waals surface area (Å²) in [5, 5.41) is 6.70. The number of nitrogens with one attached hydrogen (secondary N) is 1. The second kappa shape index (κ2) is 7.62. The van der Waals surface area contributed by atoms with Crippen molar-refractivity contribution < 1.29 is 0 Å². The van der Waals surface area contributed by atoms with Crippen molar-refractivity contribution in [2.75, 3.05) is 26.2 Å². The Labute approximate surface area is 126 Å². The van der Waals surface area contributed by atoms with E-state index < -0.39 is 0 Å². The van der Waals surface area contributed by atoms with Gasteiger partial charge in [-0.1, -0.05) is 6.92 Å². The van der Waals surface area contributed by atoms with Crippen molar-refractivity contribution in [3.8, 4) is 0 Å². The van der Waals surface area contributed by atoms with Crippen LogP contribution >= 0.6 is 11.3 Å². The summed E-state index contributed by atoms with van der Waals surface area (Å²) in [7, 11) is 0. The first-order chi connectivity index (χ1) is 9.69. The SMILES string of the molecule is CCNC(=NCCc1csc(C)n1)N1CCC(C)CC1. The highest BCUT2D eigenvalue weighted by Crippen LogP contribution is 2.16. The van der Waals surface area contributed by atoms with Gasteiger partial charge >= 0.3 is 0 Å². The van der Waals surface area contributed by atoms with Gasteiger partial charge in [-0.05, 0) is 32.6 Å². The number of aryl methyl sites for hydroxylation is 1. The molecule has 1 aromatic rings. The molecule has 0 amide bonds. The third-order valence-electron chi connectivity index (χ3n) is 3.71. The molecule has 20 heavy (non-hydrogen) atoms. The average Bonchev–Trinajstić information content (AvgIpc) is 2.84. The lowest BCUT2D eigenvalue weighted by Crippen LogP contribution is -2.45. The summed E-state index contributed by atoms with van der Waals surface area (Å²) in [6.07, 6.45) is 3.48. The van der Waals surface area contributed by atoms with E-state index in [0.29, 0.717) is 0 Å². The fourth-order valence-corrected chi connectivity index (χ4v) is 3.09. The van der Waals surface area contributed by atoms with E-state index in [1.165, 1.54) is 18.5 Å². The van der Waals surface area contributed by atoms with Crippen LogP contribution in [0, 0.1) is 12.8 Å². The van der Waals surface area contributed by atoms with Crippen molar-refractivity contribution in [3.05, 3.63) is 16.1 Å². The molecular weight excluding hydrogens is 268 g/mol. The highest BCUT2D eigenvalue weighted by atomic mass is 32.1. The Hall–Kier alpha value is -1.10. The summed E-state index contributed by atoms with van der Waals surface area (Å²) in [5.41, 5.74) is 1.17. The zero-order chi connectivity index (χ0) is 14.4. The Bertz CT molecular complexity index is 433. The molecule has 2 rings (SSSR count). The quantitative estimate of drug-likeness (QED) is 0.685. The number of rotatable bonds is 4. The van der Waals surface area contributed by atoms with Gasteiger partial charge in [0.2, 0.25) is 0 Å². The second-order valence-corrected chi connectivity index (χ2v) is 6.58. The Balaban J connectivity index is 1.88. The van der Waals surface area contributed by atoms with Gasteiger partial charge in [-0.3, -0.25) is 4.99 Å². The second-order valence-electron chi connectivity index (χ2n) is 5.51. The van der Waals surface area contributed by atoms with Crippen molar-refractivity contribution in [1.82, 2.24) is 15.2 Å². The molecule has 112 valence electrons. The van der Waals surface area contributed by atoms with Crippen LogP contribution in [0.4, 0.5) is 0 Å². The molecule has 1 fully saturated rings. The Morgan fingerprint density at radius 1 is 1.50 bits per heavy atom. The number of hydrogen-bond donors (Lipinski definition) is 1.